The Morgan fingerprint density at radius 1 is 1.22 bits per heavy atom. The highest BCUT2D eigenvalue weighted by Gasteiger charge is 2.32. The summed E-state index contributed by atoms with van der Waals surface area (Å²) in [5, 5.41) is 7.47. The van der Waals surface area contributed by atoms with Crippen LogP contribution in [0.15, 0.2) is 53.1 Å². The van der Waals surface area contributed by atoms with Crippen molar-refractivity contribution in [1.29, 1.82) is 0 Å². The largest absolute Gasteiger partial charge is 0.358 e. The first-order valence-electron chi connectivity index (χ1n) is 8.75. The summed E-state index contributed by atoms with van der Waals surface area (Å²) in [6.07, 6.45) is 0.661. The molecule has 0 radical (unpaired) electrons. The smallest absolute Gasteiger partial charge is 0.241 e. The quantitative estimate of drug-likeness (QED) is 0.750. The SMILES string of the molecule is CNC(=O)[C@@H]1Cc2ccccc2CN1Cc1nc(-c2ccc(Cl)cc2)no1. The molecule has 1 aliphatic heterocycles. The molecule has 1 atom stereocenters. The van der Waals surface area contributed by atoms with Crippen LogP contribution < -0.4 is 5.32 Å². The minimum absolute atomic E-state index is 0.0121. The first-order valence-corrected chi connectivity index (χ1v) is 9.13. The molecule has 0 spiro atoms. The van der Waals surface area contributed by atoms with Gasteiger partial charge < -0.3 is 9.84 Å². The van der Waals surface area contributed by atoms with Gasteiger partial charge in [0.1, 0.15) is 0 Å². The molecule has 27 heavy (non-hydrogen) atoms. The number of rotatable bonds is 4. The third-order valence-corrected chi connectivity index (χ3v) is 5.06. The van der Waals surface area contributed by atoms with Crippen molar-refractivity contribution in [3.63, 3.8) is 0 Å². The minimum Gasteiger partial charge on any atom is -0.358 e. The molecule has 0 saturated heterocycles. The molecule has 1 aromatic heterocycles. The van der Waals surface area contributed by atoms with Crippen LogP contribution in [0.1, 0.15) is 17.0 Å². The Hall–Kier alpha value is -2.70. The predicted molar refractivity (Wildman–Crippen MR) is 102 cm³/mol. The van der Waals surface area contributed by atoms with Crippen molar-refractivity contribution in [1.82, 2.24) is 20.4 Å². The Morgan fingerprint density at radius 3 is 2.70 bits per heavy atom. The third kappa shape index (κ3) is 3.72. The number of carbonyl (C=O) groups is 1. The van der Waals surface area contributed by atoms with Gasteiger partial charge in [-0.05, 0) is 41.8 Å². The number of nitrogens with one attached hydrogen (secondary N) is 1. The Morgan fingerprint density at radius 2 is 1.96 bits per heavy atom. The van der Waals surface area contributed by atoms with Gasteiger partial charge in [-0.25, -0.2) is 0 Å². The molecule has 1 N–H and O–H groups in total. The fraction of sp³-hybridized carbons (Fsp3) is 0.250. The molecule has 0 unspecified atom stereocenters. The number of fused-ring (bicyclic) bond motifs is 1. The lowest BCUT2D eigenvalue weighted by molar-refractivity contribution is -0.126. The molecule has 6 nitrogen and oxygen atoms in total. The number of amides is 1. The topological polar surface area (TPSA) is 71.3 Å². The van der Waals surface area contributed by atoms with Gasteiger partial charge in [-0.1, -0.05) is 41.0 Å². The van der Waals surface area contributed by atoms with Crippen LogP contribution in [0.3, 0.4) is 0 Å². The summed E-state index contributed by atoms with van der Waals surface area (Å²) in [7, 11) is 1.66. The van der Waals surface area contributed by atoms with E-state index in [4.69, 9.17) is 16.1 Å². The maximum atomic E-state index is 12.4. The molecule has 0 aliphatic carbocycles. The fourth-order valence-electron chi connectivity index (χ4n) is 3.38. The maximum Gasteiger partial charge on any atom is 0.241 e. The summed E-state index contributed by atoms with van der Waals surface area (Å²) in [5.41, 5.74) is 3.26. The molecule has 1 amide bonds. The number of aromatic nitrogens is 2. The van der Waals surface area contributed by atoms with Crippen LogP contribution >= 0.6 is 11.6 Å². The second-order valence-corrected chi connectivity index (χ2v) is 6.96. The Labute approximate surface area is 162 Å². The van der Waals surface area contributed by atoms with Crippen molar-refractivity contribution >= 4 is 17.5 Å². The average molecular weight is 383 g/mol. The molecular weight excluding hydrogens is 364 g/mol. The summed E-state index contributed by atoms with van der Waals surface area (Å²) < 4.78 is 5.43. The van der Waals surface area contributed by atoms with E-state index in [9.17, 15) is 4.79 Å². The summed E-state index contributed by atoms with van der Waals surface area (Å²) in [4.78, 5) is 19.0. The van der Waals surface area contributed by atoms with Crippen LogP contribution in [0.25, 0.3) is 11.4 Å². The van der Waals surface area contributed by atoms with Gasteiger partial charge in [0.15, 0.2) is 0 Å². The normalized spacial score (nSPS) is 16.7. The molecule has 138 valence electrons. The van der Waals surface area contributed by atoms with Gasteiger partial charge in [-0.15, -0.1) is 0 Å². The second-order valence-electron chi connectivity index (χ2n) is 6.53. The predicted octanol–water partition coefficient (Wildman–Crippen LogP) is 3.06. The number of halogens is 1. The molecule has 1 aliphatic rings. The Balaban J connectivity index is 1.57. The number of hydrogen-bond donors (Lipinski definition) is 1. The highest BCUT2D eigenvalue weighted by Crippen LogP contribution is 2.26. The van der Waals surface area contributed by atoms with Gasteiger partial charge in [0.05, 0.1) is 12.6 Å². The lowest BCUT2D eigenvalue weighted by Crippen LogP contribution is -2.49. The summed E-state index contributed by atoms with van der Waals surface area (Å²) in [6.45, 7) is 1.07. The van der Waals surface area contributed by atoms with Crippen LogP contribution in [0.5, 0.6) is 0 Å². The van der Waals surface area contributed by atoms with Crippen molar-refractivity contribution in [3.05, 3.63) is 70.6 Å². The molecular formula is C20H19ClN4O2. The van der Waals surface area contributed by atoms with Gasteiger partial charge in [-0.2, -0.15) is 4.98 Å². The molecule has 0 fully saturated rings. The lowest BCUT2D eigenvalue weighted by atomic mass is 9.93. The zero-order valence-electron chi connectivity index (χ0n) is 14.9. The fourth-order valence-corrected chi connectivity index (χ4v) is 3.50. The van der Waals surface area contributed by atoms with E-state index in [1.165, 1.54) is 11.1 Å². The molecule has 0 bridgehead atoms. The maximum absolute atomic E-state index is 12.4. The zero-order chi connectivity index (χ0) is 18.8. The highest BCUT2D eigenvalue weighted by atomic mass is 35.5. The van der Waals surface area contributed by atoms with E-state index in [-0.39, 0.29) is 11.9 Å². The standard InChI is InChI=1S/C20H19ClN4O2/c1-22-20(26)17-10-14-4-2-3-5-15(14)11-25(17)12-18-23-19(24-27-18)13-6-8-16(21)9-7-13/h2-9,17H,10-12H2,1H3,(H,22,26)/t17-/m0/s1. The number of carbonyl (C=O) groups excluding carboxylic acids is 1. The van der Waals surface area contributed by atoms with E-state index < -0.39 is 0 Å². The number of likely N-dealkylation sites (N-methyl/N-ethyl adjacent to an activating group) is 1. The van der Waals surface area contributed by atoms with Crippen LogP contribution in [-0.4, -0.2) is 34.0 Å². The van der Waals surface area contributed by atoms with Gasteiger partial charge in [-0.3, -0.25) is 9.69 Å². The molecule has 2 aromatic carbocycles. The van der Waals surface area contributed by atoms with E-state index in [0.29, 0.717) is 36.2 Å². The van der Waals surface area contributed by atoms with E-state index >= 15 is 0 Å². The number of benzene rings is 2. The van der Waals surface area contributed by atoms with Gasteiger partial charge >= 0.3 is 0 Å². The zero-order valence-corrected chi connectivity index (χ0v) is 15.6. The van der Waals surface area contributed by atoms with Crippen LogP contribution in [0.2, 0.25) is 5.02 Å². The first kappa shape index (κ1) is 17.7. The summed E-state index contributed by atoms with van der Waals surface area (Å²) in [6, 6.07) is 15.2. The molecule has 2 heterocycles. The average Bonchev–Trinajstić information content (AvgIpc) is 3.16. The molecule has 4 rings (SSSR count). The van der Waals surface area contributed by atoms with Crippen molar-refractivity contribution in [2.45, 2.75) is 25.6 Å². The van der Waals surface area contributed by atoms with Crippen molar-refractivity contribution in [2.75, 3.05) is 7.05 Å². The van der Waals surface area contributed by atoms with Crippen LogP contribution in [0, 0.1) is 0 Å². The van der Waals surface area contributed by atoms with Crippen LogP contribution in [0.4, 0.5) is 0 Å². The van der Waals surface area contributed by atoms with E-state index in [1.54, 1.807) is 19.2 Å². The summed E-state index contributed by atoms with van der Waals surface area (Å²) in [5.74, 6) is 0.978. The third-order valence-electron chi connectivity index (χ3n) is 4.80. The Kier molecular flexibility index (Phi) is 4.92. The molecule has 3 aromatic rings. The molecule has 7 heteroatoms. The van der Waals surface area contributed by atoms with Crippen molar-refractivity contribution < 1.29 is 9.32 Å². The summed E-state index contributed by atoms with van der Waals surface area (Å²) >= 11 is 5.93. The second kappa shape index (κ2) is 7.50. The number of hydrogen-bond acceptors (Lipinski definition) is 5. The first-order chi connectivity index (χ1) is 13.1. The lowest BCUT2D eigenvalue weighted by Gasteiger charge is -2.34. The van der Waals surface area contributed by atoms with E-state index in [2.05, 4.69) is 32.5 Å². The van der Waals surface area contributed by atoms with Gasteiger partial charge in [0, 0.05) is 24.2 Å². The van der Waals surface area contributed by atoms with Crippen molar-refractivity contribution in [3.8, 4) is 11.4 Å². The van der Waals surface area contributed by atoms with Gasteiger partial charge in [0.2, 0.25) is 17.6 Å². The van der Waals surface area contributed by atoms with E-state index in [0.717, 1.165) is 5.56 Å². The van der Waals surface area contributed by atoms with Crippen LogP contribution in [-0.2, 0) is 24.3 Å². The van der Waals surface area contributed by atoms with Crippen molar-refractivity contribution in [2.24, 2.45) is 0 Å². The monoisotopic (exact) mass is 382 g/mol. The molecule has 0 saturated carbocycles. The van der Waals surface area contributed by atoms with Gasteiger partial charge in [0.25, 0.3) is 0 Å². The highest BCUT2D eigenvalue weighted by molar-refractivity contribution is 6.30. The Bertz CT molecular complexity index is 955. The van der Waals surface area contributed by atoms with E-state index in [1.807, 2.05) is 24.3 Å². The number of nitrogens with zero attached hydrogens (tertiary/aromatic N) is 3. The minimum atomic E-state index is -0.268.